The lowest BCUT2D eigenvalue weighted by molar-refractivity contribution is -0.148. The number of hydrogen-bond acceptors (Lipinski definition) is 3. The summed E-state index contributed by atoms with van der Waals surface area (Å²) in [5, 5.41) is 17.2. The van der Waals surface area contributed by atoms with Crippen molar-refractivity contribution in [1.29, 1.82) is 0 Å². The third-order valence-corrected chi connectivity index (χ3v) is 1.73. The molecule has 0 aromatic rings. The van der Waals surface area contributed by atoms with E-state index in [1.54, 1.807) is 6.92 Å². The monoisotopic (exact) mass is 216 g/mol. The maximum Gasteiger partial charge on any atom is 0.307 e. The molecule has 5 nitrogen and oxygen atoms in total. The van der Waals surface area contributed by atoms with Gasteiger partial charge in [-0.15, -0.1) is 0 Å². The van der Waals surface area contributed by atoms with Crippen LogP contribution in [0.5, 0.6) is 0 Å². The van der Waals surface area contributed by atoms with Crippen LogP contribution in [0.3, 0.4) is 0 Å². The Bertz CT molecular complexity index is 246. The average Bonchev–Trinajstić information content (AvgIpc) is 2.08. The molecule has 5 heteroatoms. The topological polar surface area (TPSA) is 83.8 Å². The first-order chi connectivity index (χ1) is 6.93. The minimum Gasteiger partial charge on any atom is -0.481 e. The van der Waals surface area contributed by atoms with Crippen LogP contribution in [-0.2, 0) is 14.3 Å². The maximum absolute atomic E-state index is 10.6. The second kappa shape index (κ2) is 7.00. The molecule has 0 radical (unpaired) electrons. The van der Waals surface area contributed by atoms with Gasteiger partial charge < -0.3 is 14.9 Å². The molecule has 0 amide bonds. The first-order valence-electron chi connectivity index (χ1n) is 4.60. The molecule has 0 bridgehead atoms. The highest BCUT2D eigenvalue weighted by Crippen LogP contribution is 2.09. The highest BCUT2D eigenvalue weighted by molar-refractivity contribution is 5.77. The van der Waals surface area contributed by atoms with E-state index < -0.39 is 17.9 Å². The van der Waals surface area contributed by atoms with Gasteiger partial charge in [-0.3, -0.25) is 9.59 Å². The Balaban J connectivity index is 3.81. The summed E-state index contributed by atoms with van der Waals surface area (Å²) >= 11 is 0. The quantitative estimate of drug-likeness (QED) is 0.469. The fraction of sp³-hybridized carbons (Fsp3) is 0.600. The van der Waals surface area contributed by atoms with E-state index in [4.69, 9.17) is 14.9 Å². The molecule has 0 spiro atoms. The lowest BCUT2D eigenvalue weighted by Gasteiger charge is -2.09. The molecule has 0 saturated heterocycles. The summed E-state index contributed by atoms with van der Waals surface area (Å²) in [5.41, 5.74) is 0.847. The van der Waals surface area contributed by atoms with Gasteiger partial charge in [0, 0.05) is 6.61 Å². The Morgan fingerprint density at radius 2 is 2.00 bits per heavy atom. The molecular formula is C10H16O5. The predicted molar refractivity (Wildman–Crippen MR) is 53.6 cm³/mol. The Hall–Kier alpha value is -1.36. The van der Waals surface area contributed by atoms with Gasteiger partial charge in [0.2, 0.25) is 0 Å². The van der Waals surface area contributed by atoms with Crippen molar-refractivity contribution in [2.24, 2.45) is 5.92 Å². The lowest BCUT2D eigenvalue weighted by Crippen LogP contribution is -2.19. The fourth-order valence-electron chi connectivity index (χ4n) is 0.996. The van der Waals surface area contributed by atoms with E-state index in [1.165, 1.54) is 0 Å². The van der Waals surface area contributed by atoms with Gasteiger partial charge in [0.25, 0.3) is 0 Å². The predicted octanol–water partition coefficient (Wildman–Crippen LogP) is 1.14. The second-order valence-electron chi connectivity index (χ2n) is 3.43. The molecule has 0 rings (SSSR count). The van der Waals surface area contributed by atoms with E-state index in [-0.39, 0.29) is 19.4 Å². The zero-order valence-corrected chi connectivity index (χ0v) is 8.73. The van der Waals surface area contributed by atoms with Crippen LogP contribution in [0.2, 0.25) is 0 Å². The van der Waals surface area contributed by atoms with Crippen LogP contribution in [0, 0.1) is 5.92 Å². The van der Waals surface area contributed by atoms with Crippen LogP contribution in [0.15, 0.2) is 12.2 Å². The van der Waals surface area contributed by atoms with Gasteiger partial charge in [-0.05, 0) is 13.3 Å². The smallest absolute Gasteiger partial charge is 0.307 e. The number of ether oxygens (including phenoxy) is 1. The second-order valence-corrected chi connectivity index (χ2v) is 3.43. The zero-order valence-electron chi connectivity index (χ0n) is 8.73. The van der Waals surface area contributed by atoms with Crippen LogP contribution in [0.25, 0.3) is 0 Å². The van der Waals surface area contributed by atoms with Gasteiger partial charge in [-0.1, -0.05) is 12.2 Å². The molecule has 0 aliphatic heterocycles. The number of aliphatic carboxylic acids is 2. The molecule has 86 valence electrons. The summed E-state index contributed by atoms with van der Waals surface area (Å²) in [7, 11) is 0. The molecule has 0 heterocycles. The Morgan fingerprint density at radius 1 is 1.40 bits per heavy atom. The van der Waals surface area contributed by atoms with E-state index in [0.717, 1.165) is 5.57 Å². The fourth-order valence-corrected chi connectivity index (χ4v) is 0.996. The average molecular weight is 216 g/mol. The van der Waals surface area contributed by atoms with Gasteiger partial charge in [-0.2, -0.15) is 0 Å². The van der Waals surface area contributed by atoms with Crippen molar-refractivity contribution in [2.45, 2.75) is 19.8 Å². The largest absolute Gasteiger partial charge is 0.481 e. The summed E-state index contributed by atoms with van der Waals surface area (Å²) < 4.78 is 5.10. The molecule has 0 aromatic heterocycles. The highest BCUT2D eigenvalue weighted by Gasteiger charge is 2.20. The van der Waals surface area contributed by atoms with E-state index in [2.05, 4.69) is 6.58 Å². The molecule has 1 atom stereocenters. The van der Waals surface area contributed by atoms with Crippen LogP contribution in [0.4, 0.5) is 0 Å². The van der Waals surface area contributed by atoms with Crippen molar-refractivity contribution in [3.05, 3.63) is 12.2 Å². The van der Waals surface area contributed by atoms with Crippen molar-refractivity contribution in [2.75, 3.05) is 13.2 Å². The minimum atomic E-state index is -1.11. The van der Waals surface area contributed by atoms with Gasteiger partial charge >= 0.3 is 11.9 Å². The molecule has 2 N–H and O–H groups in total. The van der Waals surface area contributed by atoms with Crippen LogP contribution >= 0.6 is 0 Å². The van der Waals surface area contributed by atoms with Crippen LogP contribution in [0.1, 0.15) is 19.8 Å². The maximum atomic E-state index is 10.6. The first-order valence-corrected chi connectivity index (χ1v) is 4.60. The van der Waals surface area contributed by atoms with E-state index in [1.807, 2.05) is 0 Å². The molecule has 0 aliphatic carbocycles. The number of carbonyl (C=O) groups is 2. The SMILES string of the molecule is C=C(C)COCCC(CC(=O)O)C(=O)O. The number of hydrogen-bond donors (Lipinski definition) is 2. The Labute approximate surface area is 88.4 Å². The van der Waals surface area contributed by atoms with Gasteiger partial charge in [0.15, 0.2) is 0 Å². The number of rotatable bonds is 8. The van der Waals surface area contributed by atoms with Gasteiger partial charge in [0.1, 0.15) is 0 Å². The number of carboxylic acid groups (broad SMARTS) is 2. The highest BCUT2D eigenvalue weighted by atomic mass is 16.5. The van der Waals surface area contributed by atoms with Gasteiger partial charge in [-0.25, -0.2) is 0 Å². The standard InChI is InChI=1S/C10H16O5/c1-7(2)6-15-4-3-8(10(13)14)5-9(11)12/h8H,1,3-6H2,2H3,(H,11,12)(H,13,14). The molecular weight excluding hydrogens is 200 g/mol. The van der Waals surface area contributed by atoms with E-state index in [0.29, 0.717) is 6.61 Å². The van der Waals surface area contributed by atoms with Crippen molar-refractivity contribution in [3.63, 3.8) is 0 Å². The first kappa shape index (κ1) is 13.6. The molecule has 0 aliphatic rings. The Morgan fingerprint density at radius 3 is 2.40 bits per heavy atom. The third kappa shape index (κ3) is 7.69. The van der Waals surface area contributed by atoms with Crippen molar-refractivity contribution in [3.8, 4) is 0 Å². The Kier molecular flexibility index (Phi) is 6.37. The summed E-state index contributed by atoms with van der Waals surface area (Å²) in [6.07, 6.45) is -0.166. The third-order valence-electron chi connectivity index (χ3n) is 1.73. The van der Waals surface area contributed by atoms with Crippen molar-refractivity contribution in [1.82, 2.24) is 0 Å². The number of carboxylic acids is 2. The summed E-state index contributed by atoms with van der Waals surface area (Å²) in [6.45, 7) is 6.03. The van der Waals surface area contributed by atoms with Crippen LogP contribution < -0.4 is 0 Å². The molecule has 0 fully saturated rings. The van der Waals surface area contributed by atoms with Crippen molar-refractivity contribution >= 4 is 11.9 Å². The van der Waals surface area contributed by atoms with Crippen LogP contribution in [-0.4, -0.2) is 35.4 Å². The summed E-state index contributed by atoms with van der Waals surface area (Å²) in [4.78, 5) is 21.0. The molecule has 0 aromatic carbocycles. The van der Waals surface area contributed by atoms with E-state index >= 15 is 0 Å². The van der Waals surface area contributed by atoms with E-state index in [9.17, 15) is 9.59 Å². The molecule has 15 heavy (non-hydrogen) atoms. The van der Waals surface area contributed by atoms with Gasteiger partial charge in [0.05, 0.1) is 18.9 Å². The summed E-state index contributed by atoms with van der Waals surface area (Å²) in [5.74, 6) is -3.09. The minimum absolute atomic E-state index is 0.203. The zero-order chi connectivity index (χ0) is 11.8. The molecule has 1 unspecified atom stereocenters. The molecule has 0 saturated carbocycles. The lowest BCUT2D eigenvalue weighted by atomic mass is 10.0. The van der Waals surface area contributed by atoms with Crippen molar-refractivity contribution < 1.29 is 24.5 Å². The normalized spacial score (nSPS) is 12.1. The summed E-state index contributed by atoms with van der Waals surface area (Å²) in [6, 6.07) is 0.